The van der Waals surface area contributed by atoms with E-state index in [4.69, 9.17) is 20.4 Å². The van der Waals surface area contributed by atoms with Crippen LogP contribution in [0.2, 0.25) is 0 Å². The number of carboxylic acid groups (broad SMARTS) is 3. The lowest BCUT2D eigenvalue weighted by Gasteiger charge is -2.18. The van der Waals surface area contributed by atoms with Gasteiger partial charge in [-0.25, -0.2) is 4.79 Å². The van der Waals surface area contributed by atoms with E-state index in [0.717, 1.165) is 6.54 Å². The summed E-state index contributed by atoms with van der Waals surface area (Å²) in [6.07, 6.45) is 2.13. The number of aryl methyl sites for hydroxylation is 1. The predicted octanol–water partition coefficient (Wildman–Crippen LogP) is 2.57. The van der Waals surface area contributed by atoms with Crippen LogP contribution in [0.1, 0.15) is 19.8 Å². The molecule has 1 heterocycles. The van der Waals surface area contributed by atoms with Gasteiger partial charge in [0, 0.05) is 18.9 Å². The molecule has 0 aliphatic heterocycles. The molecule has 8 heteroatoms. The molecule has 148 valence electrons. The van der Waals surface area contributed by atoms with E-state index in [1.165, 1.54) is 21.5 Å². The summed E-state index contributed by atoms with van der Waals surface area (Å²) >= 11 is 0. The fourth-order valence-electron chi connectivity index (χ4n) is 2.79. The van der Waals surface area contributed by atoms with Crippen molar-refractivity contribution >= 4 is 39.5 Å². The summed E-state index contributed by atoms with van der Waals surface area (Å²) in [5, 5.41) is 39.1. The standard InChI is InChI=1S/C14H13N.C6H8O7/c1-2-15-9-13-7-11-5-3-4-6-12(11)8-14(13)10-15;7-3(8)1-6(13,5(11)12)2-4(9)10/h3-10H,2H2,1H3;13H,1-2H2,(H,7,8)(H,9,10)(H,11,12). The van der Waals surface area contributed by atoms with E-state index in [1.807, 2.05) is 0 Å². The van der Waals surface area contributed by atoms with E-state index in [0.29, 0.717) is 0 Å². The maximum Gasteiger partial charge on any atom is 0.336 e. The second kappa shape index (κ2) is 8.53. The molecule has 2 aromatic carbocycles. The monoisotopic (exact) mass is 387 g/mol. The van der Waals surface area contributed by atoms with Crippen LogP contribution in [0.15, 0.2) is 48.8 Å². The van der Waals surface area contributed by atoms with Gasteiger partial charge in [0.15, 0.2) is 5.60 Å². The first-order chi connectivity index (χ1) is 13.1. The fraction of sp³-hybridized carbons (Fsp3) is 0.250. The fourth-order valence-corrected chi connectivity index (χ4v) is 2.79. The number of aromatic nitrogens is 1. The van der Waals surface area contributed by atoms with Gasteiger partial charge in [-0.05, 0) is 40.6 Å². The molecule has 0 atom stereocenters. The molecule has 0 fully saturated rings. The summed E-state index contributed by atoms with van der Waals surface area (Å²) in [4.78, 5) is 30.5. The van der Waals surface area contributed by atoms with Crippen LogP contribution in [0.25, 0.3) is 21.5 Å². The van der Waals surface area contributed by atoms with Crippen molar-refractivity contribution in [3.8, 4) is 0 Å². The Balaban J connectivity index is 0.000000204. The Morgan fingerprint density at radius 3 is 1.61 bits per heavy atom. The molecule has 0 amide bonds. The van der Waals surface area contributed by atoms with Gasteiger partial charge in [-0.15, -0.1) is 0 Å². The Morgan fingerprint density at radius 2 is 1.29 bits per heavy atom. The highest BCUT2D eigenvalue weighted by Gasteiger charge is 2.40. The Hall–Kier alpha value is -3.39. The summed E-state index contributed by atoms with van der Waals surface area (Å²) in [6.45, 7) is 3.20. The average molecular weight is 387 g/mol. The molecule has 0 saturated carbocycles. The van der Waals surface area contributed by atoms with E-state index in [-0.39, 0.29) is 0 Å². The molecular weight excluding hydrogens is 366 g/mol. The molecular formula is C20H21NO7. The zero-order chi connectivity index (χ0) is 20.9. The summed E-state index contributed by atoms with van der Waals surface area (Å²) in [5.41, 5.74) is -2.74. The minimum atomic E-state index is -2.74. The molecule has 0 spiro atoms. The van der Waals surface area contributed by atoms with E-state index in [1.54, 1.807) is 0 Å². The summed E-state index contributed by atoms with van der Waals surface area (Å²) in [6, 6.07) is 13.0. The van der Waals surface area contributed by atoms with Gasteiger partial charge in [-0.1, -0.05) is 24.3 Å². The van der Waals surface area contributed by atoms with Crippen LogP contribution in [0, 0.1) is 0 Å². The highest BCUT2D eigenvalue weighted by molar-refractivity contribution is 5.98. The van der Waals surface area contributed by atoms with Crippen molar-refractivity contribution in [3.05, 3.63) is 48.8 Å². The lowest BCUT2D eigenvalue weighted by Crippen LogP contribution is -2.42. The maximum absolute atomic E-state index is 10.3. The van der Waals surface area contributed by atoms with Crippen molar-refractivity contribution < 1.29 is 34.8 Å². The summed E-state index contributed by atoms with van der Waals surface area (Å²) in [7, 11) is 0. The number of aliphatic carboxylic acids is 3. The Kier molecular flexibility index (Phi) is 6.37. The number of nitrogens with zero attached hydrogens (tertiary/aromatic N) is 1. The van der Waals surface area contributed by atoms with Crippen molar-refractivity contribution in [1.29, 1.82) is 0 Å². The normalized spacial score (nSPS) is 11.1. The van der Waals surface area contributed by atoms with E-state index >= 15 is 0 Å². The number of rotatable bonds is 6. The summed E-state index contributed by atoms with van der Waals surface area (Å²) < 4.78 is 2.23. The number of fused-ring (bicyclic) bond motifs is 2. The van der Waals surface area contributed by atoms with E-state index in [2.05, 4.69) is 60.3 Å². The van der Waals surface area contributed by atoms with Gasteiger partial charge in [0.25, 0.3) is 0 Å². The number of hydrogen-bond acceptors (Lipinski definition) is 4. The van der Waals surface area contributed by atoms with Crippen molar-refractivity contribution in [1.82, 2.24) is 4.57 Å². The highest BCUT2D eigenvalue weighted by Crippen LogP contribution is 2.23. The summed E-state index contributed by atoms with van der Waals surface area (Å²) in [5.74, 6) is -5.02. The number of benzene rings is 2. The first-order valence-electron chi connectivity index (χ1n) is 8.52. The number of carboxylic acids is 3. The first-order valence-corrected chi connectivity index (χ1v) is 8.52. The maximum atomic E-state index is 10.3. The molecule has 0 saturated heterocycles. The quantitative estimate of drug-likeness (QED) is 0.510. The van der Waals surface area contributed by atoms with Crippen LogP contribution in [-0.4, -0.2) is 48.5 Å². The lowest BCUT2D eigenvalue weighted by atomic mass is 9.96. The predicted molar refractivity (Wildman–Crippen MR) is 102 cm³/mol. The minimum absolute atomic E-state index is 1.03. The van der Waals surface area contributed by atoms with Crippen LogP contribution in [0.4, 0.5) is 0 Å². The number of hydrogen-bond donors (Lipinski definition) is 4. The van der Waals surface area contributed by atoms with Gasteiger partial charge in [0.05, 0.1) is 12.8 Å². The topological polar surface area (TPSA) is 137 Å². The Labute approximate surface area is 160 Å². The zero-order valence-electron chi connectivity index (χ0n) is 15.2. The smallest absolute Gasteiger partial charge is 0.336 e. The van der Waals surface area contributed by atoms with Gasteiger partial charge in [-0.3, -0.25) is 9.59 Å². The molecule has 8 nitrogen and oxygen atoms in total. The highest BCUT2D eigenvalue weighted by atomic mass is 16.4. The van der Waals surface area contributed by atoms with Gasteiger partial charge >= 0.3 is 17.9 Å². The average Bonchev–Trinajstić information content (AvgIpc) is 3.00. The van der Waals surface area contributed by atoms with Crippen LogP contribution in [0.5, 0.6) is 0 Å². The van der Waals surface area contributed by atoms with E-state index < -0.39 is 36.4 Å². The van der Waals surface area contributed by atoms with Gasteiger partial charge in [0.2, 0.25) is 0 Å². The van der Waals surface area contributed by atoms with Gasteiger partial charge in [-0.2, -0.15) is 0 Å². The number of aliphatic hydroxyl groups is 1. The van der Waals surface area contributed by atoms with E-state index in [9.17, 15) is 14.4 Å². The third-order valence-electron chi connectivity index (χ3n) is 4.21. The SMILES string of the molecule is CCn1cc2cc3ccccc3cc2c1.O=C(O)CC(O)(CC(=O)O)C(=O)O. The second-order valence-electron chi connectivity index (χ2n) is 6.39. The third kappa shape index (κ3) is 5.08. The Bertz CT molecular complexity index is 953. The van der Waals surface area contributed by atoms with Crippen molar-refractivity contribution in [3.63, 3.8) is 0 Å². The van der Waals surface area contributed by atoms with Gasteiger partial charge in [0.1, 0.15) is 0 Å². The van der Waals surface area contributed by atoms with Crippen LogP contribution in [0.3, 0.4) is 0 Å². The van der Waals surface area contributed by atoms with Crippen LogP contribution < -0.4 is 0 Å². The van der Waals surface area contributed by atoms with Crippen LogP contribution >= 0.6 is 0 Å². The number of carbonyl (C=O) groups is 3. The van der Waals surface area contributed by atoms with Crippen LogP contribution in [-0.2, 0) is 20.9 Å². The van der Waals surface area contributed by atoms with Crippen molar-refractivity contribution in [2.45, 2.75) is 31.9 Å². The van der Waals surface area contributed by atoms with Crippen molar-refractivity contribution in [2.24, 2.45) is 0 Å². The zero-order valence-corrected chi connectivity index (χ0v) is 15.2. The first kappa shape index (κ1) is 20.9. The third-order valence-corrected chi connectivity index (χ3v) is 4.21. The van der Waals surface area contributed by atoms with Gasteiger partial charge < -0.3 is 25.0 Å². The van der Waals surface area contributed by atoms with Crippen molar-refractivity contribution in [2.75, 3.05) is 0 Å². The lowest BCUT2D eigenvalue weighted by molar-refractivity contribution is -0.170. The minimum Gasteiger partial charge on any atom is -0.481 e. The molecule has 0 aliphatic carbocycles. The molecule has 3 rings (SSSR count). The second-order valence-corrected chi connectivity index (χ2v) is 6.39. The molecule has 28 heavy (non-hydrogen) atoms. The largest absolute Gasteiger partial charge is 0.481 e. The molecule has 4 N–H and O–H groups in total. The molecule has 1 aromatic heterocycles. The molecule has 0 bridgehead atoms. The molecule has 0 radical (unpaired) electrons. The molecule has 0 unspecified atom stereocenters. The molecule has 3 aromatic rings. The Morgan fingerprint density at radius 1 is 0.857 bits per heavy atom. The molecule has 0 aliphatic rings.